The van der Waals surface area contributed by atoms with Crippen LogP contribution in [0.15, 0.2) is 44.0 Å². The molecule has 1 fully saturated rings. The third-order valence-corrected chi connectivity index (χ3v) is 4.42. The molecule has 1 atom stereocenters. The van der Waals surface area contributed by atoms with E-state index in [4.69, 9.17) is 13.5 Å². The second-order valence-electron chi connectivity index (χ2n) is 6.18. The molecular formula is C18H19N3O4. The van der Waals surface area contributed by atoms with Crippen LogP contribution in [-0.2, 0) is 6.42 Å². The molecule has 1 unspecified atom stereocenters. The van der Waals surface area contributed by atoms with E-state index < -0.39 is 0 Å². The van der Waals surface area contributed by atoms with Crippen molar-refractivity contribution in [2.75, 3.05) is 6.54 Å². The molecule has 0 aromatic carbocycles. The van der Waals surface area contributed by atoms with Crippen LogP contribution in [0, 0.1) is 0 Å². The highest BCUT2D eigenvalue weighted by molar-refractivity contribution is 5.93. The van der Waals surface area contributed by atoms with Gasteiger partial charge in [-0.05, 0) is 31.4 Å². The molecule has 4 rings (SSSR count). The molecule has 0 bridgehead atoms. The first kappa shape index (κ1) is 15.7. The topological polar surface area (TPSA) is 85.5 Å². The van der Waals surface area contributed by atoms with Crippen molar-refractivity contribution in [3.05, 3.63) is 47.7 Å². The van der Waals surface area contributed by atoms with E-state index in [1.54, 1.807) is 29.4 Å². The van der Waals surface area contributed by atoms with Crippen LogP contribution in [0.3, 0.4) is 0 Å². The van der Waals surface area contributed by atoms with Gasteiger partial charge in [0.2, 0.25) is 5.76 Å². The molecule has 130 valence electrons. The molecule has 1 aliphatic rings. The van der Waals surface area contributed by atoms with Gasteiger partial charge in [0.25, 0.3) is 5.91 Å². The van der Waals surface area contributed by atoms with Crippen LogP contribution < -0.4 is 0 Å². The molecule has 7 nitrogen and oxygen atoms in total. The predicted molar refractivity (Wildman–Crippen MR) is 87.7 cm³/mol. The van der Waals surface area contributed by atoms with Gasteiger partial charge in [0.05, 0.1) is 12.3 Å². The van der Waals surface area contributed by atoms with Gasteiger partial charge in [0.15, 0.2) is 11.5 Å². The quantitative estimate of drug-likeness (QED) is 0.700. The Kier molecular flexibility index (Phi) is 4.13. The summed E-state index contributed by atoms with van der Waals surface area (Å²) >= 11 is 0. The van der Waals surface area contributed by atoms with Crippen molar-refractivity contribution in [3.63, 3.8) is 0 Å². The molecule has 1 amide bonds. The lowest BCUT2D eigenvalue weighted by Crippen LogP contribution is -2.30. The van der Waals surface area contributed by atoms with Crippen molar-refractivity contribution >= 4 is 5.91 Å². The molecule has 0 aliphatic carbocycles. The highest BCUT2D eigenvalue weighted by Gasteiger charge is 2.34. The number of hydrogen-bond donors (Lipinski definition) is 0. The summed E-state index contributed by atoms with van der Waals surface area (Å²) in [4.78, 5) is 14.6. The van der Waals surface area contributed by atoms with Gasteiger partial charge < -0.3 is 18.4 Å². The summed E-state index contributed by atoms with van der Waals surface area (Å²) in [6, 6.07) is 7.01. The Bertz CT molecular complexity index is 849. The fraction of sp³-hybridized carbons (Fsp3) is 0.389. The number of aromatic nitrogens is 2. The number of hydrogen-bond acceptors (Lipinski definition) is 6. The van der Waals surface area contributed by atoms with Crippen molar-refractivity contribution in [3.8, 4) is 11.5 Å². The third-order valence-electron chi connectivity index (χ3n) is 4.42. The third kappa shape index (κ3) is 2.97. The average Bonchev–Trinajstić information content (AvgIpc) is 3.40. The standard InChI is InChI=1S/C18H19N3O4/c1-2-5-12-10-13(19-24-12)15-6-3-8-21(15)18(22)14-11-17(25-20-14)16-7-4-9-23-16/h4,7,9-11,15H,2-3,5-6,8H2,1H3. The number of furan rings is 1. The van der Waals surface area contributed by atoms with Gasteiger partial charge in [0.1, 0.15) is 11.5 Å². The average molecular weight is 341 g/mol. The highest BCUT2D eigenvalue weighted by atomic mass is 16.5. The minimum atomic E-state index is -0.163. The highest BCUT2D eigenvalue weighted by Crippen LogP contribution is 2.33. The number of carbonyl (C=O) groups excluding carboxylic acids is 1. The lowest BCUT2D eigenvalue weighted by Gasteiger charge is -2.21. The summed E-state index contributed by atoms with van der Waals surface area (Å²) in [5, 5.41) is 8.07. The van der Waals surface area contributed by atoms with Crippen LogP contribution in [0.2, 0.25) is 0 Å². The fourth-order valence-electron chi connectivity index (χ4n) is 3.23. The first-order chi connectivity index (χ1) is 12.3. The fourth-order valence-corrected chi connectivity index (χ4v) is 3.23. The zero-order valence-corrected chi connectivity index (χ0v) is 14.0. The zero-order valence-electron chi connectivity index (χ0n) is 14.0. The van der Waals surface area contributed by atoms with Gasteiger partial charge in [-0.1, -0.05) is 17.2 Å². The lowest BCUT2D eigenvalue weighted by atomic mass is 10.1. The molecule has 3 aromatic heterocycles. The number of rotatable bonds is 5. The van der Waals surface area contributed by atoms with Crippen molar-refractivity contribution in [1.29, 1.82) is 0 Å². The molecular weight excluding hydrogens is 322 g/mol. The Labute approximate surface area is 144 Å². The SMILES string of the molecule is CCCc1cc(C2CCCN2C(=O)c2cc(-c3ccco3)on2)no1. The van der Waals surface area contributed by atoms with E-state index in [0.717, 1.165) is 37.1 Å². The van der Waals surface area contributed by atoms with Crippen LogP contribution in [0.5, 0.6) is 0 Å². The maximum atomic E-state index is 12.9. The summed E-state index contributed by atoms with van der Waals surface area (Å²) in [6.45, 7) is 2.76. The molecule has 0 N–H and O–H groups in total. The van der Waals surface area contributed by atoms with Gasteiger partial charge in [-0.2, -0.15) is 0 Å². The van der Waals surface area contributed by atoms with Gasteiger partial charge in [-0.15, -0.1) is 0 Å². The van der Waals surface area contributed by atoms with Crippen LogP contribution in [0.25, 0.3) is 11.5 Å². The molecule has 0 radical (unpaired) electrons. The maximum Gasteiger partial charge on any atom is 0.276 e. The Balaban J connectivity index is 1.54. The molecule has 4 heterocycles. The molecule has 0 spiro atoms. The summed E-state index contributed by atoms with van der Waals surface area (Å²) < 4.78 is 15.9. The Morgan fingerprint density at radius 1 is 1.28 bits per heavy atom. The number of aryl methyl sites for hydroxylation is 1. The van der Waals surface area contributed by atoms with Gasteiger partial charge in [-0.25, -0.2) is 0 Å². The van der Waals surface area contributed by atoms with Gasteiger partial charge in [0, 0.05) is 25.1 Å². The van der Waals surface area contributed by atoms with E-state index in [2.05, 4.69) is 17.2 Å². The number of likely N-dealkylation sites (tertiary alicyclic amines) is 1. The van der Waals surface area contributed by atoms with Gasteiger partial charge >= 0.3 is 0 Å². The van der Waals surface area contributed by atoms with Crippen molar-refractivity contribution in [2.45, 2.75) is 38.6 Å². The normalized spacial score (nSPS) is 17.3. The van der Waals surface area contributed by atoms with Crippen LogP contribution in [0.1, 0.15) is 54.2 Å². The Morgan fingerprint density at radius 3 is 3.00 bits per heavy atom. The van der Waals surface area contributed by atoms with E-state index in [0.29, 0.717) is 18.1 Å². The molecule has 0 saturated carbocycles. The molecule has 1 saturated heterocycles. The first-order valence-corrected chi connectivity index (χ1v) is 8.53. The monoisotopic (exact) mass is 341 g/mol. The van der Waals surface area contributed by atoms with Crippen molar-refractivity contribution < 1.29 is 18.3 Å². The largest absolute Gasteiger partial charge is 0.461 e. The molecule has 25 heavy (non-hydrogen) atoms. The second kappa shape index (κ2) is 6.58. The van der Waals surface area contributed by atoms with E-state index in [9.17, 15) is 4.79 Å². The Hall–Kier alpha value is -2.83. The number of nitrogens with zero attached hydrogens (tertiary/aromatic N) is 3. The first-order valence-electron chi connectivity index (χ1n) is 8.53. The molecule has 7 heteroatoms. The van der Waals surface area contributed by atoms with Crippen molar-refractivity contribution in [2.24, 2.45) is 0 Å². The minimum absolute atomic E-state index is 0.0781. The van der Waals surface area contributed by atoms with Crippen molar-refractivity contribution in [1.82, 2.24) is 15.2 Å². The maximum absolute atomic E-state index is 12.9. The van der Waals surface area contributed by atoms with E-state index in [1.807, 2.05) is 6.07 Å². The Morgan fingerprint density at radius 2 is 2.20 bits per heavy atom. The summed E-state index contributed by atoms with van der Waals surface area (Å²) in [6.07, 6.45) is 5.19. The zero-order chi connectivity index (χ0) is 17.2. The number of amides is 1. The summed E-state index contributed by atoms with van der Waals surface area (Å²) in [7, 11) is 0. The molecule has 1 aliphatic heterocycles. The summed E-state index contributed by atoms with van der Waals surface area (Å²) in [5.41, 5.74) is 1.08. The van der Waals surface area contributed by atoms with Crippen LogP contribution >= 0.6 is 0 Å². The van der Waals surface area contributed by atoms with E-state index in [-0.39, 0.29) is 17.6 Å². The van der Waals surface area contributed by atoms with E-state index >= 15 is 0 Å². The van der Waals surface area contributed by atoms with Crippen LogP contribution in [0.4, 0.5) is 0 Å². The lowest BCUT2D eigenvalue weighted by molar-refractivity contribution is 0.0720. The molecule has 3 aromatic rings. The number of carbonyl (C=O) groups is 1. The van der Waals surface area contributed by atoms with Gasteiger partial charge in [-0.3, -0.25) is 4.79 Å². The summed E-state index contributed by atoms with van der Waals surface area (Å²) in [5.74, 6) is 1.68. The van der Waals surface area contributed by atoms with E-state index in [1.165, 1.54) is 0 Å². The smallest absolute Gasteiger partial charge is 0.276 e. The second-order valence-corrected chi connectivity index (χ2v) is 6.18. The minimum Gasteiger partial charge on any atom is -0.461 e. The van der Waals surface area contributed by atoms with Crippen LogP contribution in [-0.4, -0.2) is 27.7 Å². The predicted octanol–water partition coefficient (Wildman–Crippen LogP) is 3.85.